The third-order valence-electron chi connectivity index (χ3n) is 10.4. The zero-order valence-corrected chi connectivity index (χ0v) is 27.6. The molecule has 1 spiro atoms. The van der Waals surface area contributed by atoms with Crippen LogP contribution < -0.4 is 16.0 Å². The van der Waals surface area contributed by atoms with E-state index in [0.717, 1.165) is 69.2 Å². The molecule has 256 valence electrons. The quantitative estimate of drug-likeness (QED) is 0.378. The maximum atomic E-state index is 14.0. The molecule has 4 heterocycles. The van der Waals surface area contributed by atoms with E-state index in [-0.39, 0.29) is 46.7 Å². The molecule has 6 rings (SSSR count). The number of para-hydroxylation sites is 1. The summed E-state index contributed by atoms with van der Waals surface area (Å²) >= 11 is 6.31. The summed E-state index contributed by atoms with van der Waals surface area (Å²) in [7, 11) is 1.40. The van der Waals surface area contributed by atoms with Crippen molar-refractivity contribution >= 4 is 34.8 Å². The summed E-state index contributed by atoms with van der Waals surface area (Å²) in [6, 6.07) is 10.9. The Labute approximate surface area is 279 Å². The van der Waals surface area contributed by atoms with Crippen molar-refractivity contribution in [3.63, 3.8) is 0 Å². The number of piperazine rings is 1. The largest absolute Gasteiger partial charge is 0.418 e. The lowest BCUT2D eigenvalue weighted by Gasteiger charge is -2.45. The van der Waals surface area contributed by atoms with Gasteiger partial charge in [0.05, 0.1) is 16.3 Å². The Balaban J connectivity index is 1.16. The summed E-state index contributed by atoms with van der Waals surface area (Å²) in [4.78, 5) is 33.0. The zero-order valence-electron chi connectivity index (χ0n) is 26.8. The third kappa shape index (κ3) is 7.57. The lowest BCUT2D eigenvalue weighted by Crippen LogP contribution is -2.54. The predicted molar refractivity (Wildman–Crippen MR) is 176 cm³/mol. The van der Waals surface area contributed by atoms with Gasteiger partial charge in [-0.05, 0) is 55.0 Å². The highest BCUT2D eigenvalue weighted by molar-refractivity contribution is 6.33. The standard InChI is InChI=1S/C34H44ClF3N6O3/c1-39-31-26(34(36,37)38)18-23(19-27(31)35)20-29(32(46)44-12-6-24(7-13-44)43-16-10-40-11-17-43)47-22-42-14-8-33(9-15-42)21-30(45)41-28-5-3-2-4-25(28)33/h2-5,18-19,24,29,39-40H,6-17,20-22H2,1H3,(H,41,45)/t29-/m1/s1. The molecule has 2 amide bonds. The first-order valence-corrected chi connectivity index (χ1v) is 17.0. The number of nitrogens with zero attached hydrogens (tertiary/aromatic N) is 3. The summed E-state index contributed by atoms with van der Waals surface area (Å²) in [6.07, 6.45) is -1.98. The Morgan fingerprint density at radius 1 is 1.09 bits per heavy atom. The van der Waals surface area contributed by atoms with E-state index in [4.69, 9.17) is 16.3 Å². The average molecular weight is 677 g/mol. The first-order chi connectivity index (χ1) is 22.6. The highest BCUT2D eigenvalue weighted by Gasteiger charge is 2.43. The molecule has 0 saturated carbocycles. The minimum Gasteiger partial charge on any atom is -0.386 e. The van der Waals surface area contributed by atoms with Crippen LogP contribution in [0, 0.1) is 0 Å². The summed E-state index contributed by atoms with van der Waals surface area (Å²) < 4.78 is 48.3. The number of alkyl halides is 3. The van der Waals surface area contributed by atoms with Crippen molar-refractivity contribution in [2.45, 2.75) is 62.3 Å². The maximum absolute atomic E-state index is 14.0. The fourth-order valence-electron chi connectivity index (χ4n) is 7.80. The number of likely N-dealkylation sites (tertiary alicyclic amines) is 2. The van der Waals surface area contributed by atoms with E-state index < -0.39 is 17.8 Å². The zero-order chi connectivity index (χ0) is 33.2. The van der Waals surface area contributed by atoms with Gasteiger partial charge in [-0.1, -0.05) is 29.8 Å². The average Bonchev–Trinajstić information content (AvgIpc) is 3.07. The minimum absolute atomic E-state index is 0.0148. The Morgan fingerprint density at radius 3 is 2.47 bits per heavy atom. The third-order valence-corrected chi connectivity index (χ3v) is 10.7. The monoisotopic (exact) mass is 676 g/mol. The van der Waals surface area contributed by atoms with Gasteiger partial charge in [-0.15, -0.1) is 0 Å². The van der Waals surface area contributed by atoms with Gasteiger partial charge in [0.15, 0.2) is 0 Å². The first-order valence-electron chi connectivity index (χ1n) is 16.6. The van der Waals surface area contributed by atoms with Crippen LogP contribution in [0.2, 0.25) is 5.02 Å². The number of nitrogens with one attached hydrogen (secondary N) is 3. The van der Waals surface area contributed by atoms with Crippen LogP contribution in [0.1, 0.15) is 48.8 Å². The van der Waals surface area contributed by atoms with Gasteiger partial charge in [-0.25, -0.2) is 0 Å². The van der Waals surface area contributed by atoms with Gasteiger partial charge < -0.3 is 25.6 Å². The van der Waals surface area contributed by atoms with Crippen molar-refractivity contribution < 1.29 is 27.5 Å². The number of rotatable bonds is 8. The van der Waals surface area contributed by atoms with E-state index in [1.54, 1.807) is 4.90 Å². The van der Waals surface area contributed by atoms with Crippen LogP contribution in [0.25, 0.3) is 0 Å². The molecule has 3 N–H and O–H groups in total. The van der Waals surface area contributed by atoms with Gasteiger partial charge in [-0.2, -0.15) is 13.2 Å². The summed E-state index contributed by atoms with van der Waals surface area (Å²) in [5.41, 5.74) is 0.989. The van der Waals surface area contributed by atoms with E-state index in [0.29, 0.717) is 38.6 Å². The molecule has 3 fully saturated rings. The molecule has 47 heavy (non-hydrogen) atoms. The van der Waals surface area contributed by atoms with E-state index >= 15 is 0 Å². The maximum Gasteiger partial charge on any atom is 0.418 e. The molecule has 9 nitrogen and oxygen atoms in total. The molecule has 0 bridgehead atoms. The Morgan fingerprint density at radius 2 is 1.79 bits per heavy atom. The van der Waals surface area contributed by atoms with Crippen LogP contribution in [0.3, 0.4) is 0 Å². The number of amides is 2. The van der Waals surface area contributed by atoms with Gasteiger partial charge in [0.1, 0.15) is 12.8 Å². The summed E-state index contributed by atoms with van der Waals surface area (Å²) in [5, 5.41) is 8.87. The number of hydrogen-bond acceptors (Lipinski definition) is 7. The highest BCUT2D eigenvalue weighted by Crippen LogP contribution is 2.45. The lowest BCUT2D eigenvalue weighted by atomic mass is 9.68. The Hall–Kier alpha value is -2.90. The molecule has 2 aromatic rings. The van der Waals surface area contributed by atoms with Gasteiger partial charge in [0.25, 0.3) is 5.91 Å². The first kappa shape index (κ1) is 34.0. The highest BCUT2D eigenvalue weighted by atomic mass is 35.5. The van der Waals surface area contributed by atoms with Crippen molar-refractivity contribution in [1.82, 2.24) is 20.0 Å². The van der Waals surface area contributed by atoms with Gasteiger partial charge in [0, 0.05) is 89.4 Å². The fourth-order valence-corrected chi connectivity index (χ4v) is 8.13. The topological polar surface area (TPSA) is 89.2 Å². The van der Waals surface area contributed by atoms with E-state index in [1.807, 2.05) is 18.2 Å². The number of carbonyl (C=O) groups excluding carboxylic acids is 2. The smallest absolute Gasteiger partial charge is 0.386 e. The van der Waals surface area contributed by atoms with Crippen LogP contribution in [0.5, 0.6) is 0 Å². The van der Waals surface area contributed by atoms with E-state index in [2.05, 4.69) is 31.8 Å². The van der Waals surface area contributed by atoms with Crippen molar-refractivity contribution in [1.29, 1.82) is 0 Å². The molecule has 0 unspecified atom stereocenters. The molecule has 4 aliphatic rings. The lowest BCUT2D eigenvalue weighted by molar-refractivity contribution is -0.149. The van der Waals surface area contributed by atoms with E-state index in [1.165, 1.54) is 13.1 Å². The molecular formula is C34H44ClF3N6O3. The number of piperidine rings is 2. The number of halogens is 4. The normalized spacial score (nSPS) is 21.7. The van der Waals surface area contributed by atoms with Crippen LogP contribution in [0.15, 0.2) is 36.4 Å². The minimum atomic E-state index is -4.62. The molecule has 0 aliphatic carbocycles. The number of hydrogen-bond donors (Lipinski definition) is 3. The molecule has 2 aromatic carbocycles. The second-order valence-electron chi connectivity index (χ2n) is 13.2. The number of fused-ring (bicyclic) bond motifs is 2. The molecule has 13 heteroatoms. The van der Waals surface area contributed by atoms with Gasteiger partial charge in [-0.3, -0.25) is 19.4 Å². The number of anilines is 2. The summed E-state index contributed by atoms with van der Waals surface area (Å²) in [5.74, 6) is -0.196. The SMILES string of the molecule is CNc1c(Cl)cc(C[C@@H](OCN2CCC3(CC2)CC(=O)Nc2ccccc23)C(=O)N2CCC(N3CCNCC3)CC2)cc1C(F)(F)F. The predicted octanol–water partition coefficient (Wildman–Crippen LogP) is 4.56. The van der Waals surface area contributed by atoms with Crippen molar-refractivity contribution in [2.24, 2.45) is 0 Å². The van der Waals surface area contributed by atoms with Crippen LogP contribution in [0.4, 0.5) is 24.5 Å². The fraction of sp³-hybridized carbons (Fsp3) is 0.588. The molecule has 0 radical (unpaired) electrons. The number of ether oxygens (including phenoxy) is 1. The van der Waals surface area contributed by atoms with Crippen LogP contribution in [-0.2, 0) is 32.3 Å². The Bertz CT molecular complexity index is 1440. The van der Waals surface area contributed by atoms with Crippen molar-refractivity contribution in [2.75, 3.05) is 76.8 Å². The van der Waals surface area contributed by atoms with Crippen LogP contribution in [-0.4, -0.2) is 105 Å². The second kappa shape index (κ2) is 14.3. The summed E-state index contributed by atoms with van der Waals surface area (Å²) in [6.45, 7) is 6.54. The van der Waals surface area contributed by atoms with Crippen LogP contribution >= 0.6 is 11.6 Å². The molecule has 0 aromatic heterocycles. The van der Waals surface area contributed by atoms with Crippen molar-refractivity contribution in [3.05, 3.63) is 58.1 Å². The van der Waals surface area contributed by atoms with E-state index in [9.17, 15) is 22.8 Å². The number of benzene rings is 2. The molecule has 4 aliphatic heterocycles. The molecule has 1 atom stereocenters. The van der Waals surface area contributed by atoms with Gasteiger partial charge >= 0.3 is 6.18 Å². The second-order valence-corrected chi connectivity index (χ2v) is 13.7. The molecule has 3 saturated heterocycles. The molecular weight excluding hydrogens is 633 g/mol. The Kier molecular flexibility index (Phi) is 10.3. The number of carbonyl (C=O) groups is 2. The van der Waals surface area contributed by atoms with Crippen molar-refractivity contribution in [3.8, 4) is 0 Å². The van der Waals surface area contributed by atoms with Gasteiger partial charge in [0.2, 0.25) is 5.91 Å².